The van der Waals surface area contributed by atoms with Gasteiger partial charge >= 0.3 is 0 Å². The van der Waals surface area contributed by atoms with Crippen LogP contribution in [0, 0.1) is 11.8 Å². The lowest BCUT2D eigenvalue weighted by Gasteiger charge is -2.36. The van der Waals surface area contributed by atoms with Gasteiger partial charge in [0.25, 0.3) is 0 Å². The average Bonchev–Trinajstić information content (AvgIpc) is 2.16. The standard InChI is InChI=1S/C12H18BCl/c1-2-3-13-7-10-4-11(8-13)6-12(5-10)9-14/h2,5,10-11H,1,3-4,6-9H2. The minimum absolute atomic E-state index is 0.749. The molecule has 0 N–H and O–H groups in total. The maximum atomic E-state index is 5.91. The third kappa shape index (κ3) is 2.25. The van der Waals surface area contributed by atoms with Gasteiger partial charge in [0.2, 0.25) is 0 Å². The molecule has 0 amide bonds. The summed E-state index contributed by atoms with van der Waals surface area (Å²) < 4.78 is 0. The Morgan fingerprint density at radius 3 is 3.07 bits per heavy atom. The van der Waals surface area contributed by atoms with Crippen molar-refractivity contribution in [1.29, 1.82) is 0 Å². The molecule has 0 aromatic heterocycles. The Morgan fingerprint density at radius 1 is 1.57 bits per heavy atom. The molecule has 2 unspecified atom stereocenters. The molecule has 0 radical (unpaired) electrons. The topological polar surface area (TPSA) is 0 Å². The Hall–Kier alpha value is -0.165. The van der Waals surface area contributed by atoms with E-state index in [0.717, 1.165) is 24.4 Å². The SMILES string of the molecule is C=CCB1CC2C=C(CCl)CC(C1)C2. The zero-order valence-corrected chi connectivity index (χ0v) is 9.47. The zero-order chi connectivity index (χ0) is 9.97. The van der Waals surface area contributed by atoms with Gasteiger partial charge in [0.15, 0.2) is 0 Å². The van der Waals surface area contributed by atoms with Crippen LogP contribution in [0.3, 0.4) is 0 Å². The molecule has 0 saturated carbocycles. The Kier molecular flexibility index (Phi) is 3.38. The second-order valence-electron chi connectivity index (χ2n) is 4.89. The van der Waals surface area contributed by atoms with E-state index in [0.29, 0.717) is 0 Å². The van der Waals surface area contributed by atoms with Gasteiger partial charge in [-0.25, -0.2) is 0 Å². The number of halogens is 1. The summed E-state index contributed by atoms with van der Waals surface area (Å²) in [5, 5.41) is 0. The predicted molar refractivity (Wildman–Crippen MR) is 65.4 cm³/mol. The van der Waals surface area contributed by atoms with Gasteiger partial charge in [-0.15, -0.1) is 18.2 Å². The summed E-state index contributed by atoms with van der Waals surface area (Å²) in [6, 6.07) is 0. The summed E-state index contributed by atoms with van der Waals surface area (Å²) in [6.07, 6.45) is 11.2. The molecule has 0 aromatic carbocycles. The van der Waals surface area contributed by atoms with E-state index in [4.69, 9.17) is 11.6 Å². The zero-order valence-electron chi connectivity index (χ0n) is 8.71. The molecule has 1 heterocycles. The lowest BCUT2D eigenvalue weighted by molar-refractivity contribution is 0.409. The minimum atomic E-state index is 0.749. The van der Waals surface area contributed by atoms with Crippen molar-refractivity contribution in [3.8, 4) is 0 Å². The molecule has 0 nitrogen and oxygen atoms in total. The number of rotatable bonds is 3. The number of fused-ring (bicyclic) bond motifs is 2. The normalized spacial score (nSPS) is 31.2. The van der Waals surface area contributed by atoms with E-state index in [1.807, 2.05) is 0 Å². The fraction of sp³-hybridized carbons (Fsp3) is 0.667. The summed E-state index contributed by atoms with van der Waals surface area (Å²) in [5.74, 6) is 2.48. The van der Waals surface area contributed by atoms with Crippen molar-refractivity contribution >= 4 is 18.3 Å². The van der Waals surface area contributed by atoms with Crippen LogP contribution in [0.1, 0.15) is 12.8 Å². The lowest BCUT2D eigenvalue weighted by atomic mass is 9.35. The maximum Gasteiger partial charge on any atom is 0.144 e. The first kappa shape index (κ1) is 10.4. The lowest BCUT2D eigenvalue weighted by Crippen LogP contribution is -2.30. The van der Waals surface area contributed by atoms with Crippen molar-refractivity contribution in [1.82, 2.24) is 0 Å². The van der Waals surface area contributed by atoms with Gasteiger partial charge in [-0.3, -0.25) is 0 Å². The number of allylic oxidation sites excluding steroid dienone is 3. The molecule has 1 saturated heterocycles. The first-order valence-electron chi connectivity index (χ1n) is 5.68. The van der Waals surface area contributed by atoms with Gasteiger partial charge in [-0.05, 0) is 24.7 Å². The van der Waals surface area contributed by atoms with Crippen LogP contribution in [0.4, 0.5) is 0 Å². The number of hydrogen-bond acceptors (Lipinski definition) is 0. The van der Waals surface area contributed by atoms with Crippen LogP contribution in [0.15, 0.2) is 24.3 Å². The monoisotopic (exact) mass is 208 g/mol. The summed E-state index contributed by atoms with van der Waals surface area (Å²) in [6.45, 7) is 4.74. The molecular weight excluding hydrogens is 190 g/mol. The van der Waals surface area contributed by atoms with E-state index in [1.54, 1.807) is 0 Å². The Bertz CT molecular complexity index is 247. The summed E-state index contributed by atoms with van der Waals surface area (Å²) in [5.41, 5.74) is 1.49. The van der Waals surface area contributed by atoms with Gasteiger partial charge in [0.05, 0.1) is 0 Å². The number of hydrogen-bond donors (Lipinski definition) is 0. The third-order valence-corrected chi connectivity index (χ3v) is 3.98. The molecular formula is C12H18BCl. The summed E-state index contributed by atoms with van der Waals surface area (Å²) in [7, 11) is 0. The van der Waals surface area contributed by atoms with E-state index in [9.17, 15) is 0 Å². The van der Waals surface area contributed by atoms with Gasteiger partial charge in [0.1, 0.15) is 6.71 Å². The van der Waals surface area contributed by atoms with Gasteiger partial charge in [0, 0.05) is 5.88 Å². The van der Waals surface area contributed by atoms with Crippen molar-refractivity contribution < 1.29 is 0 Å². The fourth-order valence-corrected chi connectivity index (χ4v) is 3.42. The quantitative estimate of drug-likeness (QED) is 0.375. The van der Waals surface area contributed by atoms with Crippen molar-refractivity contribution in [2.24, 2.45) is 11.8 Å². The van der Waals surface area contributed by atoms with E-state index in [2.05, 4.69) is 18.7 Å². The first-order chi connectivity index (χ1) is 6.81. The largest absolute Gasteiger partial charge is 0.144 e. The Morgan fingerprint density at radius 2 is 2.43 bits per heavy atom. The van der Waals surface area contributed by atoms with E-state index < -0.39 is 0 Å². The van der Waals surface area contributed by atoms with Crippen molar-refractivity contribution in [3.05, 3.63) is 24.3 Å². The maximum absolute atomic E-state index is 5.91. The highest BCUT2D eigenvalue weighted by Gasteiger charge is 2.32. The van der Waals surface area contributed by atoms with Crippen LogP contribution in [0.25, 0.3) is 0 Å². The van der Waals surface area contributed by atoms with Crippen LogP contribution in [-0.4, -0.2) is 12.6 Å². The molecule has 0 spiro atoms. The second-order valence-corrected chi connectivity index (χ2v) is 5.15. The highest BCUT2D eigenvalue weighted by atomic mass is 35.5. The summed E-state index contributed by atoms with van der Waals surface area (Å²) in [4.78, 5) is 0. The molecule has 2 rings (SSSR count). The van der Waals surface area contributed by atoms with Crippen LogP contribution in [-0.2, 0) is 0 Å². The van der Waals surface area contributed by atoms with Crippen molar-refractivity contribution in [2.75, 3.05) is 5.88 Å². The van der Waals surface area contributed by atoms with Crippen LogP contribution >= 0.6 is 11.6 Å². The predicted octanol–water partition coefficient (Wildman–Crippen LogP) is 3.87. The second kappa shape index (κ2) is 4.57. The molecule has 2 atom stereocenters. The molecule has 2 aliphatic rings. The molecule has 1 aliphatic carbocycles. The molecule has 14 heavy (non-hydrogen) atoms. The average molecular weight is 209 g/mol. The van der Waals surface area contributed by atoms with Gasteiger partial charge < -0.3 is 0 Å². The first-order valence-corrected chi connectivity index (χ1v) is 6.21. The van der Waals surface area contributed by atoms with Crippen molar-refractivity contribution in [2.45, 2.75) is 31.8 Å². The molecule has 1 aliphatic heterocycles. The van der Waals surface area contributed by atoms with E-state index in [-0.39, 0.29) is 0 Å². The van der Waals surface area contributed by atoms with E-state index in [1.165, 1.54) is 37.4 Å². The fourth-order valence-electron chi connectivity index (χ4n) is 3.22. The Labute approximate surface area is 92.5 Å². The van der Waals surface area contributed by atoms with Gasteiger partial charge in [-0.1, -0.05) is 36.7 Å². The highest BCUT2D eigenvalue weighted by Crippen LogP contribution is 2.40. The minimum Gasteiger partial charge on any atom is -0.122 e. The van der Waals surface area contributed by atoms with Crippen molar-refractivity contribution in [3.63, 3.8) is 0 Å². The summed E-state index contributed by atoms with van der Waals surface area (Å²) >= 11 is 5.91. The molecule has 2 bridgehead atoms. The Balaban J connectivity index is 2.01. The molecule has 2 heteroatoms. The molecule has 1 fully saturated rings. The van der Waals surface area contributed by atoms with Crippen LogP contribution in [0.2, 0.25) is 19.0 Å². The van der Waals surface area contributed by atoms with Gasteiger partial charge in [-0.2, -0.15) is 0 Å². The highest BCUT2D eigenvalue weighted by molar-refractivity contribution is 6.59. The smallest absolute Gasteiger partial charge is 0.122 e. The molecule has 0 aromatic rings. The van der Waals surface area contributed by atoms with Crippen LogP contribution in [0.5, 0.6) is 0 Å². The van der Waals surface area contributed by atoms with Crippen LogP contribution < -0.4 is 0 Å². The van der Waals surface area contributed by atoms with E-state index >= 15 is 0 Å². The third-order valence-electron chi connectivity index (χ3n) is 3.63. The molecule has 76 valence electrons. The number of alkyl halides is 1.